The highest BCUT2D eigenvalue weighted by Gasteiger charge is 2.15. The third kappa shape index (κ3) is 2.79. The maximum absolute atomic E-state index is 11.4. The summed E-state index contributed by atoms with van der Waals surface area (Å²) in [5.74, 6) is 0.374. The third-order valence-electron chi connectivity index (χ3n) is 1.60. The number of nitrogens with zero attached hydrogens (tertiary/aromatic N) is 2. The van der Waals surface area contributed by atoms with Crippen molar-refractivity contribution >= 4 is 16.8 Å². The van der Waals surface area contributed by atoms with Gasteiger partial charge < -0.3 is 9.42 Å². The number of hydrogen-bond donors (Lipinski definition) is 0. The summed E-state index contributed by atoms with van der Waals surface area (Å²) in [7, 11) is 1.91. The largest absolute Gasteiger partial charge is 0.371 e. The van der Waals surface area contributed by atoms with Gasteiger partial charge in [0.2, 0.25) is 0 Å². The molecule has 0 N–H and O–H groups in total. The van der Waals surface area contributed by atoms with Crippen LogP contribution in [0, 0.1) is 0 Å². The molecule has 7 heteroatoms. The molecule has 15 heavy (non-hydrogen) atoms. The lowest BCUT2D eigenvalue weighted by molar-refractivity contribution is 0.182. The fraction of sp³-hybridized carbons (Fsp3) is 0.500. The van der Waals surface area contributed by atoms with Crippen LogP contribution in [-0.4, -0.2) is 40.2 Å². The summed E-state index contributed by atoms with van der Waals surface area (Å²) in [4.78, 5) is 23.9. The quantitative estimate of drug-likeness (QED) is 0.710. The predicted molar refractivity (Wildman–Crippen MR) is 55.2 cm³/mol. The average molecular weight is 232 g/mol. The summed E-state index contributed by atoms with van der Waals surface area (Å²) < 4.78 is 16.5. The Bertz CT molecular complexity index is 446. The summed E-state index contributed by atoms with van der Waals surface area (Å²) in [6.07, 6.45) is 1.49. The van der Waals surface area contributed by atoms with E-state index >= 15 is 0 Å². The van der Waals surface area contributed by atoms with Crippen molar-refractivity contribution in [3.8, 4) is 0 Å². The van der Waals surface area contributed by atoms with Crippen molar-refractivity contribution in [2.24, 2.45) is 0 Å². The molecule has 1 amide bonds. The Hall–Kier alpha value is -1.37. The van der Waals surface area contributed by atoms with Gasteiger partial charge in [0.1, 0.15) is 0 Å². The van der Waals surface area contributed by atoms with E-state index < -0.39 is 22.4 Å². The molecule has 1 unspecified atom stereocenters. The van der Waals surface area contributed by atoms with Crippen LogP contribution in [0.5, 0.6) is 0 Å². The van der Waals surface area contributed by atoms with Crippen LogP contribution < -0.4 is 5.56 Å². The van der Waals surface area contributed by atoms with Crippen molar-refractivity contribution in [2.75, 3.05) is 20.4 Å². The Labute approximate surface area is 88.9 Å². The molecular weight excluding hydrogens is 220 g/mol. The summed E-state index contributed by atoms with van der Waals surface area (Å²) in [6.45, 7) is 0. The number of amides is 1. The molecule has 6 nitrogen and oxygen atoms in total. The van der Waals surface area contributed by atoms with Crippen molar-refractivity contribution < 1.29 is 13.5 Å². The van der Waals surface area contributed by atoms with E-state index in [4.69, 9.17) is 4.52 Å². The second-order valence-electron chi connectivity index (χ2n) is 3.23. The summed E-state index contributed by atoms with van der Waals surface area (Å²) in [5.41, 5.74) is -0.547. The van der Waals surface area contributed by atoms with Crippen LogP contribution in [0.4, 0.5) is 4.79 Å². The topological polar surface area (TPSA) is 72.5 Å². The molecule has 0 aromatic carbocycles. The van der Waals surface area contributed by atoms with Gasteiger partial charge in [0.15, 0.2) is 5.76 Å². The highest BCUT2D eigenvalue weighted by molar-refractivity contribution is 7.83. The first kappa shape index (κ1) is 11.7. The van der Waals surface area contributed by atoms with Gasteiger partial charge in [-0.2, -0.15) is 0 Å². The molecular formula is C8H12N2O4S. The standard InChI is InChI=1S/C8H12N2O4S/c1-9(2)8(12)10-7(11)4-6(14-10)5-15(3)13/h4H,5H2,1-3H3. The second kappa shape index (κ2) is 4.43. The van der Waals surface area contributed by atoms with Crippen LogP contribution in [0.2, 0.25) is 0 Å². The minimum Gasteiger partial charge on any atom is -0.371 e. The van der Waals surface area contributed by atoms with E-state index in [0.717, 1.165) is 0 Å². The van der Waals surface area contributed by atoms with Crippen LogP contribution >= 0.6 is 0 Å². The number of aromatic nitrogens is 1. The summed E-state index contributed by atoms with van der Waals surface area (Å²) in [5, 5.41) is 0. The lowest BCUT2D eigenvalue weighted by Gasteiger charge is -2.07. The van der Waals surface area contributed by atoms with Gasteiger partial charge in [0.25, 0.3) is 5.56 Å². The number of carbonyl (C=O) groups excluding carboxylic acids is 1. The molecule has 0 radical (unpaired) electrons. The van der Waals surface area contributed by atoms with Crippen LogP contribution in [0.3, 0.4) is 0 Å². The molecule has 0 aliphatic rings. The molecule has 1 heterocycles. The summed E-state index contributed by atoms with van der Waals surface area (Å²) >= 11 is 0. The van der Waals surface area contributed by atoms with Gasteiger partial charge in [-0.05, 0) is 0 Å². The second-order valence-corrected chi connectivity index (χ2v) is 4.66. The molecule has 1 aromatic rings. The van der Waals surface area contributed by atoms with Crippen LogP contribution in [0.15, 0.2) is 15.4 Å². The van der Waals surface area contributed by atoms with Gasteiger partial charge in [-0.15, -0.1) is 0 Å². The Kier molecular flexibility index (Phi) is 3.46. The van der Waals surface area contributed by atoms with Crippen molar-refractivity contribution in [1.29, 1.82) is 0 Å². The predicted octanol–water partition coefficient (Wildman–Crippen LogP) is -0.150. The molecule has 0 aliphatic heterocycles. The minimum atomic E-state index is -1.11. The summed E-state index contributed by atoms with van der Waals surface area (Å²) in [6, 6.07) is 0.608. The van der Waals surface area contributed by atoms with E-state index in [-0.39, 0.29) is 11.5 Å². The Morgan fingerprint density at radius 1 is 1.60 bits per heavy atom. The Morgan fingerprint density at radius 3 is 2.67 bits per heavy atom. The van der Waals surface area contributed by atoms with Gasteiger partial charge in [-0.25, -0.2) is 4.79 Å². The van der Waals surface area contributed by atoms with E-state index in [1.165, 1.54) is 31.3 Å². The van der Waals surface area contributed by atoms with Crippen LogP contribution in [0.25, 0.3) is 0 Å². The molecule has 0 fully saturated rings. The van der Waals surface area contributed by atoms with Crippen LogP contribution in [-0.2, 0) is 16.6 Å². The van der Waals surface area contributed by atoms with E-state index in [9.17, 15) is 13.8 Å². The Morgan fingerprint density at radius 2 is 2.20 bits per heavy atom. The molecule has 1 atom stereocenters. The molecule has 84 valence electrons. The molecule has 0 saturated heterocycles. The van der Waals surface area contributed by atoms with Crippen molar-refractivity contribution in [1.82, 2.24) is 9.64 Å². The van der Waals surface area contributed by atoms with Crippen molar-refractivity contribution in [3.63, 3.8) is 0 Å². The molecule has 0 spiro atoms. The first-order chi connectivity index (χ1) is 6.91. The SMILES string of the molecule is CN(C)C(=O)n1oc(CS(C)=O)cc1=O. The number of hydrogen-bond acceptors (Lipinski definition) is 4. The van der Waals surface area contributed by atoms with Crippen molar-refractivity contribution in [3.05, 3.63) is 22.2 Å². The van der Waals surface area contributed by atoms with Gasteiger partial charge in [0.05, 0.1) is 5.75 Å². The van der Waals surface area contributed by atoms with Gasteiger partial charge in [-0.3, -0.25) is 9.00 Å². The van der Waals surface area contributed by atoms with Crippen LogP contribution in [0.1, 0.15) is 5.76 Å². The number of carbonyl (C=O) groups is 1. The van der Waals surface area contributed by atoms with Gasteiger partial charge in [0, 0.05) is 37.2 Å². The fourth-order valence-corrected chi connectivity index (χ4v) is 1.50. The van der Waals surface area contributed by atoms with E-state index in [0.29, 0.717) is 4.74 Å². The van der Waals surface area contributed by atoms with Crippen molar-refractivity contribution in [2.45, 2.75) is 5.75 Å². The number of rotatable bonds is 2. The lowest BCUT2D eigenvalue weighted by atomic mass is 10.5. The highest BCUT2D eigenvalue weighted by atomic mass is 32.2. The minimum absolute atomic E-state index is 0.128. The molecule has 1 aromatic heterocycles. The average Bonchev–Trinajstić information content (AvgIpc) is 2.44. The third-order valence-corrected chi connectivity index (χ3v) is 2.29. The monoisotopic (exact) mass is 232 g/mol. The zero-order valence-corrected chi connectivity index (χ0v) is 9.54. The zero-order valence-electron chi connectivity index (χ0n) is 8.72. The zero-order chi connectivity index (χ0) is 11.6. The lowest BCUT2D eigenvalue weighted by Crippen LogP contribution is -2.32. The Balaban J connectivity index is 3.01. The van der Waals surface area contributed by atoms with E-state index in [1.54, 1.807) is 0 Å². The maximum atomic E-state index is 11.4. The highest BCUT2D eigenvalue weighted by Crippen LogP contribution is 2.00. The van der Waals surface area contributed by atoms with Gasteiger partial charge in [-0.1, -0.05) is 4.74 Å². The first-order valence-electron chi connectivity index (χ1n) is 4.15. The molecule has 0 bridgehead atoms. The molecule has 1 rings (SSSR count). The van der Waals surface area contributed by atoms with E-state index in [2.05, 4.69) is 0 Å². The van der Waals surface area contributed by atoms with E-state index in [1.807, 2.05) is 0 Å². The first-order valence-corrected chi connectivity index (χ1v) is 5.88. The molecule has 0 aliphatic carbocycles. The molecule has 0 saturated carbocycles. The van der Waals surface area contributed by atoms with Gasteiger partial charge >= 0.3 is 6.03 Å². The maximum Gasteiger partial charge on any atom is 0.360 e. The smallest absolute Gasteiger partial charge is 0.360 e. The normalized spacial score (nSPS) is 12.5. The fourth-order valence-electron chi connectivity index (χ4n) is 0.968.